The van der Waals surface area contributed by atoms with E-state index in [4.69, 9.17) is 4.74 Å². The number of fused-ring (bicyclic) bond motifs is 1. The predicted molar refractivity (Wildman–Crippen MR) is 84.9 cm³/mol. The Labute approximate surface area is 127 Å². The molecule has 2 aliphatic heterocycles. The van der Waals surface area contributed by atoms with Gasteiger partial charge in [0.15, 0.2) is 0 Å². The number of hydrogen-bond donors (Lipinski definition) is 1. The summed E-state index contributed by atoms with van der Waals surface area (Å²) in [6.07, 6.45) is 6.96. The molecular weight excluding hydrogens is 260 g/mol. The molecule has 1 saturated heterocycles. The van der Waals surface area contributed by atoms with Crippen LogP contribution in [0.3, 0.4) is 0 Å². The lowest BCUT2D eigenvalue weighted by molar-refractivity contribution is 0.0212. The zero-order valence-electron chi connectivity index (χ0n) is 12.8. The average molecular weight is 286 g/mol. The van der Waals surface area contributed by atoms with Crippen LogP contribution in [0.5, 0.6) is 5.75 Å². The van der Waals surface area contributed by atoms with Gasteiger partial charge in [0.2, 0.25) is 0 Å². The van der Waals surface area contributed by atoms with Crippen LogP contribution in [0.15, 0.2) is 24.3 Å². The van der Waals surface area contributed by atoms with E-state index in [-0.39, 0.29) is 0 Å². The number of ether oxygens (including phenoxy) is 1. The highest BCUT2D eigenvalue weighted by Crippen LogP contribution is 2.39. The average Bonchev–Trinajstić information content (AvgIpc) is 2.94. The molecule has 1 unspecified atom stereocenters. The molecule has 1 atom stereocenters. The number of nitrogens with one attached hydrogen (secondary N) is 1. The van der Waals surface area contributed by atoms with Crippen molar-refractivity contribution in [1.82, 2.24) is 10.2 Å². The smallest absolute Gasteiger partial charge is 0.122 e. The first-order chi connectivity index (χ1) is 10.4. The molecule has 0 bridgehead atoms. The highest BCUT2D eigenvalue weighted by atomic mass is 16.5. The quantitative estimate of drug-likeness (QED) is 0.905. The Morgan fingerprint density at radius 2 is 2.05 bits per heavy atom. The first-order valence-corrected chi connectivity index (χ1v) is 8.55. The summed E-state index contributed by atoms with van der Waals surface area (Å²) in [4.78, 5) is 2.79. The van der Waals surface area contributed by atoms with Crippen molar-refractivity contribution in [1.29, 1.82) is 0 Å². The van der Waals surface area contributed by atoms with Crippen molar-refractivity contribution in [3.8, 4) is 5.75 Å². The Kier molecular flexibility index (Phi) is 3.64. The molecule has 0 amide bonds. The fourth-order valence-electron chi connectivity index (χ4n) is 4.52. The topological polar surface area (TPSA) is 24.5 Å². The van der Waals surface area contributed by atoms with Gasteiger partial charge in [0.1, 0.15) is 5.75 Å². The second-order valence-corrected chi connectivity index (χ2v) is 6.95. The maximum Gasteiger partial charge on any atom is 0.122 e. The Hall–Kier alpha value is -1.06. The highest BCUT2D eigenvalue weighted by Gasteiger charge is 2.41. The van der Waals surface area contributed by atoms with E-state index >= 15 is 0 Å². The van der Waals surface area contributed by atoms with Gasteiger partial charge in [-0.2, -0.15) is 0 Å². The summed E-state index contributed by atoms with van der Waals surface area (Å²) in [6.45, 7) is 5.54. The summed E-state index contributed by atoms with van der Waals surface area (Å²) in [7, 11) is 0. The molecule has 2 fully saturated rings. The molecular formula is C18H26N2O. The number of piperazine rings is 1. The van der Waals surface area contributed by atoms with Crippen molar-refractivity contribution < 1.29 is 4.74 Å². The lowest BCUT2D eigenvalue weighted by Crippen LogP contribution is -2.62. The maximum atomic E-state index is 5.89. The molecule has 114 valence electrons. The fraction of sp³-hybridized carbons (Fsp3) is 0.667. The Morgan fingerprint density at radius 1 is 1.19 bits per heavy atom. The van der Waals surface area contributed by atoms with Crippen LogP contribution < -0.4 is 10.1 Å². The standard InChI is InChI=1S/C18H26N2O/c1-4-8-18(9-5-1)14-19-10-11-20(18)12-15-13-21-17-7-3-2-6-16(15)17/h2-3,6-7,15,19H,1,4-5,8-14H2. The molecule has 0 radical (unpaired) electrons. The molecule has 1 aliphatic carbocycles. The number of nitrogens with zero attached hydrogens (tertiary/aromatic N) is 1. The molecule has 3 heteroatoms. The van der Waals surface area contributed by atoms with Crippen LogP contribution in [-0.4, -0.2) is 43.2 Å². The third kappa shape index (κ3) is 2.47. The number of benzene rings is 1. The van der Waals surface area contributed by atoms with E-state index in [0.717, 1.165) is 18.9 Å². The molecule has 3 nitrogen and oxygen atoms in total. The van der Waals surface area contributed by atoms with Crippen molar-refractivity contribution in [2.24, 2.45) is 0 Å². The molecule has 1 aromatic carbocycles. The van der Waals surface area contributed by atoms with Gasteiger partial charge in [-0.15, -0.1) is 0 Å². The maximum absolute atomic E-state index is 5.89. The molecule has 1 aromatic rings. The largest absolute Gasteiger partial charge is 0.493 e. The minimum absolute atomic E-state index is 0.425. The van der Waals surface area contributed by atoms with Crippen molar-refractivity contribution in [3.63, 3.8) is 0 Å². The van der Waals surface area contributed by atoms with E-state index in [1.165, 1.54) is 57.3 Å². The minimum Gasteiger partial charge on any atom is -0.493 e. The van der Waals surface area contributed by atoms with Gasteiger partial charge in [0.25, 0.3) is 0 Å². The Bertz CT molecular complexity index is 487. The van der Waals surface area contributed by atoms with Crippen LogP contribution in [0.25, 0.3) is 0 Å². The lowest BCUT2D eigenvalue weighted by Gasteiger charge is -2.50. The number of hydrogen-bond acceptors (Lipinski definition) is 3. The van der Waals surface area contributed by atoms with Gasteiger partial charge in [-0.3, -0.25) is 4.90 Å². The van der Waals surface area contributed by atoms with Crippen LogP contribution in [0.4, 0.5) is 0 Å². The summed E-state index contributed by atoms with van der Waals surface area (Å²) >= 11 is 0. The SMILES string of the molecule is c1ccc2c(c1)OCC2CN1CCNCC12CCCCC2. The number of rotatable bonds is 2. The highest BCUT2D eigenvalue weighted by molar-refractivity contribution is 5.39. The van der Waals surface area contributed by atoms with Gasteiger partial charge in [0, 0.05) is 43.2 Å². The first kappa shape index (κ1) is 13.6. The molecule has 1 N–H and O–H groups in total. The van der Waals surface area contributed by atoms with Crippen molar-refractivity contribution in [2.75, 3.05) is 32.8 Å². The molecule has 4 rings (SSSR count). The summed E-state index contributed by atoms with van der Waals surface area (Å²) < 4.78 is 5.89. The molecule has 2 heterocycles. The van der Waals surface area contributed by atoms with E-state index in [1.807, 2.05) is 0 Å². The van der Waals surface area contributed by atoms with Crippen molar-refractivity contribution in [2.45, 2.75) is 43.6 Å². The van der Waals surface area contributed by atoms with Crippen LogP contribution in [-0.2, 0) is 0 Å². The molecule has 1 spiro atoms. The minimum atomic E-state index is 0.425. The van der Waals surface area contributed by atoms with Crippen LogP contribution >= 0.6 is 0 Å². The van der Waals surface area contributed by atoms with Crippen LogP contribution in [0.1, 0.15) is 43.6 Å². The zero-order valence-corrected chi connectivity index (χ0v) is 12.8. The van der Waals surface area contributed by atoms with Crippen molar-refractivity contribution >= 4 is 0 Å². The molecule has 21 heavy (non-hydrogen) atoms. The number of para-hydroxylation sites is 1. The zero-order chi connectivity index (χ0) is 14.1. The van der Waals surface area contributed by atoms with E-state index in [2.05, 4.69) is 34.5 Å². The van der Waals surface area contributed by atoms with Gasteiger partial charge in [0.05, 0.1) is 6.61 Å². The Balaban J connectivity index is 1.53. The molecule has 1 saturated carbocycles. The first-order valence-electron chi connectivity index (χ1n) is 8.55. The summed E-state index contributed by atoms with van der Waals surface area (Å²) in [5.41, 5.74) is 1.84. The third-order valence-electron chi connectivity index (χ3n) is 5.71. The van der Waals surface area contributed by atoms with Gasteiger partial charge in [-0.05, 0) is 18.9 Å². The van der Waals surface area contributed by atoms with E-state index in [0.29, 0.717) is 11.5 Å². The van der Waals surface area contributed by atoms with Gasteiger partial charge in [-0.1, -0.05) is 37.5 Å². The fourth-order valence-corrected chi connectivity index (χ4v) is 4.52. The van der Waals surface area contributed by atoms with Gasteiger partial charge < -0.3 is 10.1 Å². The predicted octanol–water partition coefficient (Wildman–Crippen LogP) is 2.77. The Morgan fingerprint density at radius 3 is 2.95 bits per heavy atom. The van der Waals surface area contributed by atoms with Gasteiger partial charge in [-0.25, -0.2) is 0 Å². The second kappa shape index (κ2) is 5.62. The third-order valence-corrected chi connectivity index (χ3v) is 5.71. The van der Waals surface area contributed by atoms with Crippen LogP contribution in [0.2, 0.25) is 0 Å². The van der Waals surface area contributed by atoms with Crippen molar-refractivity contribution in [3.05, 3.63) is 29.8 Å². The lowest BCUT2D eigenvalue weighted by atomic mass is 9.78. The second-order valence-electron chi connectivity index (χ2n) is 6.95. The van der Waals surface area contributed by atoms with E-state index < -0.39 is 0 Å². The summed E-state index contributed by atoms with van der Waals surface area (Å²) in [5, 5.41) is 3.65. The van der Waals surface area contributed by atoms with Gasteiger partial charge >= 0.3 is 0 Å². The van der Waals surface area contributed by atoms with Crippen LogP contribution in [0, 0.1) is 0 Å². The van der Waals surface area contributed by atoms with E-state index in [9.17, 15) is 0 Å². The molecule has 0 aromatic heterocycles. The monoisotopic (exact) mass is 286 g/mol. The summed E-state index contributed by atoms with van der Waals surface area (Å²) in [5.74, 6) is 1.66. The summed E-state index contributed by atoms with van der Waals surface area (Å²) in [6, 6.07) is 8.59. The molecule has 3 aliphatic rings. The van der Waals surface area contributed by atoms with E-state index in [1.54, 1.807) is 0 Å². The normalized spacial score (nSPS) is 28.3.